The standard InChI is InChI=1S/C23H23ClN4O5S2/c24-18-7-6-17(14-20(18)35(32,33)27-10-2-1-3-11-27)21(29)26-9-12-28-22(30)19(34-23(28)31)13-16-5-4-8-25-15-16/h4-8,13-15H,1-3,9-12H2,(H,26,29)/b19-13+. The van der Waals surface area contributed by atoms with Gasteiger partial charge in [0, 0.05) is 44.1 Å². The minimum atomic E-state index is -3.82. The zero-order valence-electron chi connectivity index (χ0n) is 18.6. The molecule has 2 saturated heterocycles. The van der Waals surface area contributed by atoms with E-state index in [1.807, 2.05) is 0 Å². The molecule has 184 valence electrons. The number of sulfonamides is 1. The molecule has 2 fully saturated rings. The number of thioether (sulfide) groups is 1. The second kappa shape index (κ2) is 10.9. The molecule has 0 saturated carbocycles. The summed E-state index contributed by atoms with van der Waals surface area (Å²) >= 11 is 6.99. The first-order valence-electron chi connectivity index (χ1n) is 11.0. The number of aromatic nitrogens is 1. The van der Waals surface area contributed by atoms with Crippen molar-refractivity contribution >= 4 is 56.5 Å². The molecule has 2 aromatic rings. The molecule has 0 radical (unpaired) electrons. The Labute approximate surface area is 212 Å². The maximum absolute atomic E-state index is 13.0. The van der Waals surface area contributed by atoms with Gasteiger partial charge in [-0.3, -0.25) is 24.3 Å². The number of rotatable bonds is 7. The van der Waals surface area contributed by atoms with Crippen molar-refractivity contribution in [3.05, 3.63) is 63.8 Å². The van der Waals surface area contributed by atoms with Crippen LogP contribution in [0.15, 0.2) is 52.5 Å². The molecule has 1 aromatic heterocycles. The molecule has 1 N–H and O–H groups in total. The Hall–Kier alpha value is -2.73. The minimum Gasteiger partial charge on any atom is -0.350 e. The van der Waals surface area contributed by atoms with Gasteiger partial charge in [-0.25, -0.2) is 8.42 Å². The molecule has 4 rings (SSSR count). The molecule has 9 nitrogen and oxygen atoms in total. The number of amides is 3. The Balaban J connectivity index is 1.39. The zero-order chi connectivity index (χ0) is 25.0. The number of hydrogen-bond donors (Lipinski definition) is 1. The normalized spacial score (nSPS) is 18.3. The quantitative estimate of drug-likeness (QED) is 0.541. The maximum Gasteiger partial charge on any atom is 0.293 e. The van der Waals surface area contributed by atoms with Crippen molar-refractivity contribution in [1.82, 2.24) is 19.5 Å². The van der Waals surface area contributed by atoms with Gasteiger partial charge in [0.2, 0.25) is 10.0 Å². The average molecular weight is 535 g/mol. The van der Waals surface area contributed by atoms with Gasteiger partial charge >= 0.3 is 0 Å². The van der Waals surface area contributed by atoms with E-state index in [1.54, 1.807) is 30.6 Å². The van der Waals surface area contributed by atoms with Crippen LogP contribution < -0.4 is 5.32 Å². The lowest BCUT2D eigenvalue weighted by Crippen LogP contribution is -2.37. The van der Waals surface area contributed by atoms with Crippen LogP contribution in [-0.4, -0.2) is 65.8 Å². The fourth-order valence-electron chi connectivity index (χ4n) is 3.78. The van der Waals surface area contributed by atoms with Gasteiger partial charge in [-0.15, -0.1) is 0 Å². The van der Waals surface area contributed by atoms with Crippen LogP contribution in [0.5, 0.6) is 0 Å². The molecule has 1 aromatic carbocycles. The predicted octanol–water partition coefficient (Wildman–Crippen LogP) is 3.38. The smallest absolute Gasteiger partial charge is 0.293 e. The first-order chi connectivity index (χ1) is 16.8. The molecule has 3 heterocycles. The number of benzene rings is 1. The Morgan fingerprint density at radius 2 is 1.94 bits per heavy atom. The summed E-state index contributed by atoms with van der Waals surface area (Å²) in [6, 6.07) is 7.58. The van der Waals surface area contributed by atoms with E-state index >= 15 is 0 Å². The van der Waals surface area contributed by atoms with E-state index in [1.165, 1.54) is 22.5 Å². The van der Waals surface area contributed by atoms with Crippen molar-refractivity contribution in [2.24, 2.45) is 0 Å². The van der Waals surface area contributed by atoms with E-state index in [4.69, 9.17) is 11.6 Å². The summed E-state index contributed by atoms with van der Waals surface area (Å²) in [4.78, 5) is 42.8. The van der Waals surface area contributed by atoms with Gasteiger partial charge in [0.05, 0.1) is 9.93 Å². The number of carbonyl (C=O) groups excluding carboxylic acids is 3. The summed E-state index contributed by atoms with van der Waals surface area (Å²) in [6.45, 7) is 0.825. The van der Waals surface area contributed by atoms with Gasteiger partial charge in [0.15, 0.2) is 0 Å². The Bertz CT molecular complexity index is 1280. The summed E-state index contributed by atoms with van der Waals surface area (Å²) in [6.07, 6.45) is 7.32. The molecule has 0 spiro atoms. The van der Waals surface area contributed by atoms with Crippen LogP contribution in [0.3, 0.4) is 0 Å². The minimum absolute atomic E-state index is 0.00782. The second-order valence-electron chi connectivity index (χ2n) is 7.99. The maximum atomic E-state index is 13.0. The summed E-state index contributed by atoms with van der Waals surface area (Å²) in [7, 11) is -3.82. The molecule has 12 heteroatoms. The van der Waals surface area contributed by atoms with Gasteiger partial charge in [-0.2, -0.15) is 4.31 Å². The second-order valence-corrected chi connectivity index (χ2v) is 11.3. The number of nitrogens with zero attached hydrogens (tertiary/aromatic N) is 3. The summed E-state index contributed by atoms with van der Waals surface area (Å²) < 4.78 is 27.4. The molecule has 2 aliphatic heterocycles. The highest BCUT2D eigenvalue weighted by atomic mass is 35.5. The topological polar surface area (TPSA) is 117 Å². The highest BCUT2D eigenvalue weighted by Gasteiger charge is 2.35. The molecule has 35 heavy (non-hydrogen) atoms. The number of piperidine rings is 1. The number of halogens is 1. The van der Waals surface area contributed by atoms with Crippen LogP contribution in [0.1, 0.15) is 35.2 Å². The number of nitrogens with one attached hydrogen (secondary N) is 1. The molecular weight excluding hydrogens is 512 g/mol. The molecule has 2 aliphatic rings. The number of carbonyl (C=O) groups is 3. The van der Waals surface area contributed by atoms with E-state index in [-0.39, 0.29) is 33.5 Å². The van der Waals surface area contributed by atoms with Crippen molar-refractivity contribution in [3.63, 3.8) is 0 Å². The van der Waals surface area contributed by atoms with Crippen LogP contribution in [0, 0.1) is 0 Å². The SMILES string of the molecule is O=C(NCCN1C(=O)S/C(=C/c2cccnc2)C1=O)c1ccc(Cl)c(S(=O)(=O)N2CCCCC2)c1. The summed E-state index contributed by atoms with van der Waals surface area (Å²) in [5.41, 5.74) is 0.819. The third-order valence-electron chi connectivity index (χ3n) is 5.60. The number of imide groups is 1. The highest BCUT2D eigenvalue weighted by Crippen LogP contribution is 2.32. The van der Waals surface area contributed by atoms with Crippen molar-refractivity contribution in [2.45, 2.75) is 24.2 Å². The van der Waals surface area contributed by atoms with E-state index in [0.29, 0.717) is 18.7 Å². The van der Waals surface area contributed by atoms with Crippen LogP contribution in [0.2, 0.25) is 5.02 Å². The fourth-order valence-corrected chi connectivity index (χ4v) is 6.66. The molecule has 0 unspecified atom stereocenters. The van der Waals surface area contributed by atoms with Gasteiger partial charge < -0.3 is 5.32 Å². The largest absolute Gasteiger partial charge is 0.350 e. The average Bonchev–Trinajstić information content (AvgIpc) is 3.12. The zero-order valence-corrected chi connectivity index (χ0v) is 21.0. The molecule has 0 atom stereocenters. The van der Waals surface area contributed by atoms with E-state index in [2.05, 4.69) is 10.3 Å². The van der Waals surface area contributed by atoms with Gasteiger partial charge in [0.1, 0.15) is 4.90 Å². The monoisotopic (exact) mass is 534 g/mol. The molecular formula is C23H23ClN4O5S2. The Kier molecular flexibility index (Phi) is 7.90. The van der Waals surface area contributed by atoms with Gasteiger partial charge in [-0.05, 0) is 60.5 Å². The third kappa shape index (κ3) is 5.75. The van der Waals surface area contributed by atoms with Crippen LogP contribution >= 0.6 is 23.4 Å². The predicted molar refractivity (Wildman–Crippen MR) is 133 cm³/mol. The Morgan fingerprint density at radius 3 is 2.66 bits per heavy atom. The summed E-state index contributed by atoms with van der Waals surface area (Å²) in [5, 5.41) is 2.25. The molecule has 3 amide bonds. The fraction of sp³-hybridized carbons (Fsp3) is 0.304. The third-order valence-corrected chi connectivity index (χ3v) is 8.89. The Morgan fingerprint density at radius 1 is 1.17 bits per heavy atom. The van der Waals surface area contributed by atoms with Crippen molar-refractivity contribution in [3.8, 4) is 0 Å². The van der Waals surface area contributed by atoms with Crippen LogP contribution in [0.25, 0.3) is 6.08 Å². The van der Waals surface area contributed by atoms with Crippen molar-refractivity contribution < 1.29 is 22.8 Å². The van der Waals surface area contributed by atoms with E-state index in [0.717, 1.165) is 35.9 Å². The number of hydrogen-bond acceptors (Lipinski definition) is 7. The van der Waals surface area contributed by atoms with E-state index in [9.17, 15) is 22.8 Å². The highest BCUT2D eigenvalue weighted by molar-refractivity contribution is 8.18. The van der Waals surface area contributed by atoms with Crippen LogP contribution in [0.4, 0.5) is 4.79 Å². The first-order valence-corrected chi connectivity index (χ1v) is 13.6. The van der Waals surface area contributed by atoms with Crippen LogP contribution in [-0.2, 0) is 14.8 Å². The molecule has 0 bridgehead atoms. The summed E-state index contributed by atoms with van der Waals surface area (Å²) in [5.74, 6) is -0.978. The lowest BCUT2D eigenvalue weighted by Gasteiger charge is -2.26. The van der Waals surface area contributed by atoms with Crippen molar-refractivity contribution in [1.29, 1.82) is 0 Å². The first kappa shape index (κ1) is 25.4. The van der Waals surface area contributed by atoms with Crippen molar-refractivity contribution in [2.75, 3.05) is 26.2 Å². The molecule has 0 aliphatic carbocycles. The lowest BCUT2D eigenvalue weighted by molar-refractivity contribution is -0.122. The number of pyridine rings is 1. The van der Waals surface area contributed by atoms with E-state index < -0.39 is 27.1 Å². The van der Waals surface area contributed by atoms with Gasteiger partial charge in [-0.1, -0.05) is 24.1 Å². The lowest BCUT2D eigenvalue weighted by atomic mass is 10.2. The van der Waals surface area contributed by atoms with Gasteiger partial charge in [0.25, 0.3) is 17.1 Å².